The maximum absolute atomic E-state index is 12.6. The topological polar surface area (TPSA) is 94.3 Å². The summed E-state index contributed by atoms with van der Waals surface area (Å²) in [4.78, 5) is 8.31. The zero-order valence-electron chi connectivity index (χ0n) is 15.4. The molecule has 2 aromatic carbocycles. The van der Waals surface area contributed by atoms with Crippen molar-refractivity contribution in [2.24, 2.45) is 0 Å². The standard InChI is InChI=1S/C21H17N3O4S/c1-15-23-21(14-27-15)16-2-8-20(9-3-16)29(25,26)24-17-4-6-18(7-5-17)28-19-10-12-22-13-11-19/h2-14,24H,1H3. The number of benzene rings is 2. The SMILES string of the molecule is Cc1nc(-c2ccc(S(=O)(=O)Nc3ccc(Oc4ccncc4)cc3)cc2)co1. The number of hydrogen-bond donors (Lipinski definition) is 1. The van der Waals surface area contributed by atoms with Crippen molar-refractivity contribution in [1.29, 1.82) is 0 Å². The molecule has 29 heavy (non-hydrogen) atoms. The van der Waals surface area contributed by atoms with Gasteiger partial charge in [-0.3, -0.25) is 9.71 Å². The van der Waals surface area contributed by atoms with Crippen molar-refractivity contribution in [2.75, 3.05) is 4.72 Å². The number of sulfonamides is 1. The molecule has 4 rings (SSSR count). The van der Waals surface area contributed by atoms with Crippen molar-refractivity contribution in [3.8, 4) is 22.8 Å². The molecule has 2 heterocycles. The molecule has 0 unspecified atom stereocenters. The summed E-state index contributed by atoms with van der Waals surface area (Å²) < 4.78 is 38.7. The molecular weight excluding hydrogens is 390 g/mol. The summed E-state index contributed by atoms with van der Waals surface area (Å²) >= 11 is 0. The third-order valence-electron chi connectivity index (χ3n) is 4.07. The number of anilines is 1. The van der Waals surface area contributed by atoms with Gasteiger partial charge in [-0.15, -0.1) is 0 Å². The number of ether oxygens (including phenoxy) is 1. The largest absolute Gasteiger partial charge is 0.457 e. The molecule has 8 heteroatoms. The summed E-state index contributed by atoms with van der Waals surface area (Å²) in [5.74, 6) is 1.79. The Labute approximate surface area is 168 Å². The van der Waals surface area contributed by atoms with E-state index in [1.54, 1.807) is 67.8 Å². The first-order valence-electron chi connectivity index (χ1n) is 8.73. The molecule has 0 amide bonds. The monoisotopic (exact) mass is 407 g/mol. The third-order valence-corrected chi connectivity index (χ3v) is 5.47. The van der Waals surface area contributed by atoms with Gasteiger partial charge in [0.05, 0.1) is 4.90 Å². The molecule has 0 radical (unpaired) electrons. The molecule has 0 aliphatic rings. The summed E-state index contributed by atoms with van der Waals surface area (Å²) in [6, 6.07) is 16.6. The summed E-state index contributed by atoms with van der Waals surface area (Å²) in [5.41, 5.74) is 1.87. The van der Waals surface area contributed by atoms with E-state index in [-0.39, 0.29) is 4.90 Å². The average Bonchev–Trinajstić information content (AvgIpc) is 3.17. The first kappa shape index (κ1) is 18.7. The van der Waals surface area contributed by atoms with Crippen LogP contribution in [0.2, 0.25) is 0 Å². The number of pyridine rings is 1. The maximum atomic E-state index is 12.6. The van der Waals surface area contributed by atoms with Crippen LogP contribution >= 0.6 is 0 Å². The van der Waals surface area contributed by atoms with Gasteiger partial charge < -0.3 is 9.15 Å². The van der Waals surface area contributed by atoms with Crippen molar-refractivity contribution >= 4 is 15.7 Å². The molecule has 0 spiro atoms. The Morgan fingerprint density at radius 1 is 0.897 bits per heavy atom. The predicted octanol–water partition coefficient (Wildman–Crippen LogP) is 4.64. The quantitative estimate of drug-likeness (QED) is 0.500. The van der Waals surface area contributed by atoms with E-state index in [4.69, 9.17) is 9.15 Å². The third kappa shape index (κ3) is 4.44. The average molecular weight is 407 g/mol. The second-order valence-corrected chi connectivity index (χ2v) is 7.87. The Morgan fingerprint density at radius 2 is 1.55 bits per heavy atom. The van der Waals surface area contributed by atoms with Crippen LogP contribution in [0.25, 0.3) is 11.3 Å². The molecule has 1 N–H and O–H groups in total. The maximum Gasteiger partial charge on any atom is 0.261 e. The van der Waals surface area contributed by atoms with Gasteiger partial charge in [0.25, 0.3) is 10.0 Å². The highest BCUT2D eigenvalue weighted by Gasteiger charge is 2.15. The van der Waals surface area contributed by atoms with Crippen molar-refractivity contribution in [2.45, 2.75) is 11.8 Å². The summed E-state index contributed by atoms with van der Waals surface area (Å²) in [5, 5.41) is 0. The van der Waals surface area contributed by atoms with Crippen molar-refractivity contribution in [3.05, 3.63) is 85.2 Å². The minimum absolute atomic E-state index is 0.151. The lowest BCUT2D eigenvalue weighted by atomic mass is 10.2. The predicted molar refractivity (Wildman–Crippen MR) is 108 cm³/mol. The fourth-order valence-electron chi connectivity index (χ4n) is 2.65. The lowest BCUT2D eigenvalue weighted by Crippen LogP contribution is -2.12. The van der Waals surface area contributed by atoms with Crippen molar-refractivity contribution < 1.29 is 17.6 Å². The van der Waals surface area contributed by atoms with Gasteiger partial charge in [-0.25, -0.2) is 13.4 Å². The van der Waals surface area contributed by atoms with Gasteiger partial charge in [-0.1, -0.05) is 12.1 Å². The fraction of sp³-hybridized carbons (Fsp3) is 0.0476. The van der Waals surface area contributed by atoms with E-state index in [1.807, 2.05) is 0 Å². The molecule has 0 saturated carbocycles. The van der Waals surface area contributed by atoms with Crippen LogP contribution in [0.1, 0.15) is 5.89 Å². The van der Waals surface area contributed by atoms with Crippen LogP contribution in [-0.2, 0) is 10.0 Å². The van der Waals surface area contributed by atoms with Gasteiger partial charge in [0.2, 0.25) is 0 Å². The molecule has 0 fully saturated rings. The molecule has 146 valence electrons. The van der Waals surface area contributed by atoms with Gasteiger partial charge in [-0.05, 0) is 48.5 Å². The zero-order chi connectivity index (χ0) is 20.3. The van der Waals surface area contributed by atoms with E-state index >= 15 is 0 Å². The molecule has 0 aliphatic carbocycles. The van der Waals surface area contributed by atoms with Gasteiger partial charge in [-0.2, -0.15) is 0 Å². The van der Waals surface area contributed by atoms with Crippen LogP contribution in [0, 0.1) is 6.92 Å². The molecule has 4 aromatic rings. The molecular formula is C21H17N3O4S. The summed E-state index contributed by atoms with van der Waals surface area (Å²) in [7, 11) is -3.72. The normalized spacial score (nSPS) is 11.2. The van der Waals surface area contributed by atoms with E-state index in [2.05, 4.69) is 14.7 Å². The Kier molecular flexibility index (Phi) is 5.01. The van der Waals surface area contributed by atoms with Crippen LogP contribution in [0.15, 0.2) is 88.6 Å². The van der Waals surface area contributed by atoms with Crippen LogP contribution < -0.4 is 9.46 Å². The lowest BCUT2D eigenvalue weighted by Gasteiger charge is -2.10. The fourth-order valence-corrected chi connectivity index (χ4v) is 3.71. The Morgan fingerprint density at radius 3 is 2.17 bits per heavy atom. The van der Waals surface area contributed by atoms with Gasteiger partial charge in [0, 0.05) is 30.6 Å². The summed E-state index contributed by atoms with van der Waals surface area (Å²) in [6.07, 6.45) is 4.80. The van der Waals surface area contributed by atoms with E-state index < -0.39 is 10.0 Å². The molecule has 2 aromatic heterocycles. The highest BCUT2D eigenvalue weighted by Crippen LogP contribution is 2.25. The van der Waals surface area contributed by atoms with Crippen LogP contribution in [-0.4, -0.2) is 18.4 Å². The zero-order valence-corrected chi connectivity index (χ0v) is 16.3. The van der Waals surface area contributed by atoms with Crippen LogP contribution in [0.5, 0.6) is 11.5 Å². The highest BCUT2D eigenvalue weighted by molar-refractivity contribution is 7.92. The Bertz CT molecular complexity index is 1200. The van der Waals surface area contributed by atoms with Crippen LogP contribution in [0.4, 0.5) is 5.69 Å². The van der Waals surface area contributed by atoms with Gasteiger partial charge >= 0.3 is 0 Å². The van der Waals surface area contributed by atoms with Crippen molar-refractivity contribution in [1.82, 2.24) is 9.97 Å². The first-order chi connectivity index (χ1) is 14.0. The summed E-state index contributed by atoms with van der Waals surface area (Å²) in [6.45, 7) is 1.75. The second-order valence-electron chi connectivity index (χ2n) is 6.19. The minimum atomic E-state index is -3.72. The molecule has 0 saturated heterocycles. The molecule has 0 aliphatic heterocycles. The minimum Gasteiger partial charge on any atom is -0.457 e. The number of aryl methyl sites for hydroxylation is 1. The second kappa shape index (κ2) is 7.76. The highest BCUT2D eigenvalue weighted by atomic mass is 32.2. The molecule has 0 atom stereocenters. The van der Waals surface area contributed by atoms with E-state index in [0.717, 1.165) is 5.56 Å². The molecule has 7 nitrogen and oxygen atoms in total. The van der Waals surface area contributed by atoms with Crippen LogP contribution in [0.3, 0.4) is 0 Å². The van der Waals surface area contributed by atoms with Gasteiger partial charge in [0.1, 0.15) is 23.5 Å². The smallest absolute Gasteiger partial charge is 0.261 e. The molecule has 0 bridgehead atoms. The van der Waals surface area contributed by atoms with E-state index in [1.165, 1.54) is 18.4 Å². The number of oxazole rings is 1. The van der Waals surface area contributed by atoms with E-state index in [0.29, 0.717) is 28.8 Å². The van der Waals surface area contributed by atoms with Gasteiger partial charge in [0.15, 0.2) is 5.89 Å². The lowest BCUT2D eigenvalue weighted by molar-refractivity contribution is 0.482. The number of hydrogen-bond acceptors (Lipinski definition) is 6. The van der Waals surface area contributed by atoms with E-state index in [9.17, 15) is 8.42 Å². The first-order valence-corrected chi connectivity index (χ1v) is 10.2. The number of nitrogens with zero attached hydrogens (tertiary/aromatic N) is 2. The van der Waals surface area contributed by atoms with Crippen molar-refractivity contribution in [3.63, 3.8) is 0 Å². The number of rotatable bonds is 6. The Balaban J connectivity index is 1.46. The number of aromatic nitrogens is 2. The number of nitrogens with one attached hydrogen (secondary N) is 1. The Hall–Kier alpha value is -3.65.